The van der Waals surface area contributed by atoms with Crippen molar-refractivity contribution in [3.05, 3.63) is 70.5 Å². The monoisotopic (exact) mass is 570 g/mol. The van der Waals surface area contributed by atoms with Gasteiger partial charge in [0.05, 0.1) is 53.8 Å². The average molecular weight is 571 g/mol. The van der Waals surface area contributed by atoms with Crippen molar-refractivity contribution < 1.29 is 54.4 Å². The molecule has 0 spiro atoms. The zero-order chi connectivity index (χ0) is 28.3. The molecule has 0 bridgehead atoms. The van der Waals surface area contributed by atoms with E-state index in [0.717, 1.165) is 0 Å². The summed E-state index contributed by atoms with van der Waals surface area (Å²) in [5.41, 5.74) is -2.45. The highest BCUT2D eigenvalue weighted by atomic mass is 32.2. The van der Waals surface area contributed by atoms with Gasteiger partial charge in [-0.3, -0.25) is 0 Å². The van der Waals surface area contributed by atoms with E-state index in [1.54, 1.807) is 6.08 Å². The van der Waals surface area contributed by atoms with Gasteiger partial charge in [0.15, 0.2) is 9.84 Å². The lowest BCUT2D eigenvalue weighted by molar-refractivity contribution is -0.143. The molecule has 1 aromatic carbocycles. The minimum atomic E-state index is -5.00. The molecule has 0 radical (unpaired) electrons. The number of alkyl halides is 6. The number of aliphatic hydroxyl groups excluding tert-OH is 2. The van der Waals surface area contributed by atoms with Crippen LogP contribution in [0, 0.1) is 5.92 Å². The fourth-order valence-electron chi connectivity index (χ4n) is 4.47. The van der Waals surface area contributed by atoms with Crippen molar-refractivity contribution in [1.82, 2.24) is 0 Å². The second-order valence-corrected chi connectivity index (χ2v) is 11.4. The molecule has 2 N–H and O–H groups in total. The molecule has 13 heteroatoms. The van der Waals surface area contributed by atoms with Crippen LogP contribution in [0.4, 0.5) is 26.3 Å². The molecule has 2 aliphatic rings. The Labute approximate surface area is 216 Å². The van der Waals surface area contributed by atoms with Crippen molar-refractivity contribution in [2.24, 2.45) is 5.92 Å². The summed E-state index contributed by atoms with van der Waals surface area (Å²) in [6, 6.07) is 1.30. The van der Waals surface area contributed by atoms with Crippen molar-refractivity contribution in [3.63, 3.8) is 0 Å². The first-order chi connectivity index (χ1) is 17.6. The molecule has 3 unspecified atom stereocenters. The van der Waals surface area contributed by atoms with Gasteiger partial charge >= 0.3 is 12.4 Å². The Morgan fingerprint density at radius 3 is 2.32 bits per heavy atom. The normalized spacial score (nSPS) is 22.3. The molecule has 0 saturated carbocycles. The van der Waals surface area contributed by atoms with Gasteiger partial charge in [0.25, 0.3) is 0 Å². The SMILES string of the molecule is C[C@@H](OC1CCC=CC1C1=C(C(O)CS(=O)(=O)CCO)C=COC1)c1cc(C(F)(F)F)cc(C(F)(F)F)c1. The Morgan fingerprint density at radius 2 is 1.74 bits per heavy atom. The first-order valence-corrected chi connectivity index (χ1v) is 13.6. The lowest BCUT2D eigenvalue weighted by Crippen LogP contribution is -2.33. The Hall–Kier alpha value is -2.35. The van der Waals surface area contributed by atoms with E-state index < -0.39 is 75.7 Å². The molecular formula is C25H28F6O6S. The van der Waals surface area contributed by atoms with Crippen LogP contribution in [0.3, 0.4) is 0 Å². The number of hydrogen-bond donors (Lipinski definition) is 2. The van der Waals surface area contributed by atoms with Crippen LogP contribution in [-0.4, -0.2) is 55.6 Å². The first-order valence-electron chi connectivity index (χ1n) is 11.7. The molecule has 1 aliphatic carbocycles. The molecular weight excluding hydrogens is 542 g/mol. The predicted octanol–water partition coefficient (Wildman–Crippen LogP) is 4.75. The fraction of sp³-hybridized carbons (Fsp3) is 0.520. The molecule has 1 heterocycles. The van der Waals surface area contributed by atoms with Gasteiger partial charge in [0.2, 0.25) is 0 Å². The number of halogens is 6. The number of ether oxygens (including phenoxy) is 2. The van der Waals surface area contributed by atoms with Crippen LogP contribution in [0.1, 0.15) is 42.6 Å². The standard InChI is InChI=1S/C25H28F6O6S/c1-15(16-10-17(24(26,27)28)12-18(11-16)25(29,30)31)37-23-5-3-2-4-20(23)21-13-36-8-6-19(21)22(33)14-38(34,35)9-7-32/h2,4,6,8,10-12,15,20,22-23,32-33H,3,5,7,9,13-14H2,1H3/t15-,20?,22?,23?/m1/s1. The molecule has 1 aliphatic heterocycles. The first kappa shape index (κ1) is 30.2. The molecule has 3 rings (SSSR count). The highest BCUT2D eigenvalue weighted by Gasteiger charge is 2.38. The van der Waals surface area contributed by atoms with E-state index in [1.807, 2.05) is 6.08 Å². The predicted molar refractivity (Wildman–Crippen MR) is 125 cm³/mol. The van der Waals surface area contributed by atoms with Crippen LogP contribution in [0.2, 0.25) is 0 Å². The van der Waals surface area contributed by atoms with E-state index in [0.29, 0.717) is 30.5 Å². The molecule has 0 amide bonds. The van der Waals surface area contributed by atoms with Gasteiger partial charge in [-0.1, -0.05) is 12.2 Å². The third-order valence-corrected chi connectivity index (χ3v) is 7.98. The van der Waals surface area contributed by atoms with Gasteiger partial charge in [-0.25, -0.2) is 8.42 Å². The maximum Gasteiger partial charge on any atom is 0.416 e. The van der Waals surface area contributed by atoms with Gasteiger partial charge in [-0.15, -0.1) is 0 Å². The van der Waals surface area contributed by atoms with Gasteiger partial charge in [-0.2, -0.15) is 26.3 Å². The molecule has 1 aromatic rings. The number of benzene rings is 1. The van der Waals surface area contributed by atoms with Gasteiger partial charge < -0.3 is 19.7 Å². The van der Waals surface area contributed by atoms with Crippen LogP contribution >= 0.6 is 0 Å². The Morgan fingerprint density at radius 1 is 1.11 bits per heavy atom. The van der Waals surface area contributed by atoms with Crippen molar-refractivity contribution in [1.29, 1.82) is 0 Å². The molecule has 212 valence electrons. The Balaban J connectivity index is 1.92. The lowest BCUT2D eigenvalue weighted by atomic mass is 9.82. The third kappa shape index (κ3) is 7.61. The van der Waals surface area contributed by atoms with Crippen LogP contribution in [-0.2, 0) is 31.7 Å². The van der Waals surface area contributed by atoms with Crippen LogP contribution < -0.4 is 0 Å². The van der Waals surface area contributed by atoms with E-state index in [2.05, 4.69) is 0 Å². The molecule has 0 aromatic heterocycles. The van der Waals surface area contributed by atoms with Crippen LogP contribution in [0.15, 0.2) is 53.8 Å². The maximum absolute atomic E-state index is 13.3. The summed E-state index contributed by atoms with van der Waals surface area (Å²) in [4.78, 5) is 0. The quantitative estimate of drug-likeness (QED) is 0.329. The summed E-state index contributed by atoms with van der Waals surface area (Å²) in [5, 5.41) is 19.7. The summed E-state index contributed by atoms with van der Waals surface area (Å²) in [7, 11) is -3.78. The molecule has 0 saturated heterocycles. The summed E-state index contributed by atoms with van der Waals surface area (Å²) < 4.78 is 116. The van der Waals surface area contributed by atoms with E-state index in [1.165, 1.54) is 19.3 Å². The van der Waals surface area contributed by atoms with E-state index in [9.17, 15) is 39.9 Å². The lowest BCUT2D eigenvalue weighted by Gasteiger charge is -2.34. The summed E-state index contributed by atoms with van der Waals surface area (Å²) in [5.74, 6) is -1.77. The Bertz CT molecular complexity index is 1150. The summed E-state index contributed by atoms with van der Waals surface area (Å²) in [6.07, 6.45) is -6.17. The smallest absolute Gasteiger partial charge is 0.416 e. The highest BCUT2D eigenvalue weighted by molar-refractivity contribution is 7.91. The molecule has 6 nitrogen and oxygen atoms in total. The molecule has 0 fully saturated rings. The van der Waals surface area contributed by atoms with E-state index >= 15 is 0 Å². The van der Waals surface area contributed by atoms with E-state index in [4.69, 9.17) is 14.6 Å². The average Bonchev–Trinajstić information content (AvgIpc) is 2.82. The van der Waals surface area contributed by atoms with Crippen molar-refractivity contribution >= 4 is 9.84 Å². The van der Waals surface area contributed by atoms with Crippen LogP contribution in [0.5, 0.6) is 0 Å². The van der Waals surface area contributed by atoms with Crippen molar-refractivity contribution in [2.75, 3.05) is 24.7 Å². The van der Waals surface area contributed by atoms with Crippen molar-refractivity contribution in [3.8, 4) is 0 Å². The molecule has 38 heavy (non-hydrogen) atoms. The van der Waals surface area contributed by atoms with Gasteiger partial charge in [0, 0.05) is 5.92 Å². The van der Waals surface area contributed by atoms with Gasteiger partial charge in [-0.05, 0) is 60.8 Å². The number of hydrogen-bond acceptors (Lipinski definition) is 6. The second kappa shape index (κ2) is 11.8. The number of allylic oxidation sites excluding steroid dienone is 1. The highest BCUT2D eigenvalue weighted by Crippen LogP contribution is 2.40. The maximum atomic E-state index is 13.3. The van der Waals surface area contributed by atoms with Crippen molar-refractivity contribution in [2.45, 2.75) is 50.4 Å². The summed E-state index contributed by atoms with van der Waals surface area (Å²) in [6.45, 7) is 0.715. The number of aliphatic hydroxyl groups is 2. The van der Waals surface area contributed by atoms with E-state index in [-0.39, 0.29) is 23.8 Å². The topological polar surface area (TPSA) is 93.1 Å². The summed E-state index contributed by atoms with van der Waals surface area (Å²) >= 11 is 0. The minimum Gasteiger partial charge on any atom is -0.497 e. The van der Waals surface area contributed by atoms with Gasteiger partial charge in [0.1, 0.15) is 6.61 Å². The number of rotatable bonds is 9. The molecule has 4 atom stereocenters. The fourth-order valence-corrected chi connectivity index (χ4v) is 5.58. The zero-order valence-electron chi connectivity index (χ0n) is 20.3. The Kier molecular flexibility index (Phi) is 9.38. The minimum absolute atomic E-state index is 0.0338. The second-order valence-electron chi connectivity index (χ2n) is 9.14. The zero-order valence-corrected chi connectivity index (χ0v) is 21.1. The van der Waals surface area contributed by atoms with Crippen LogP contribution in [0.25, 0.3) is 0 Å². The number of sulfone groups is 1. The largest absolute Gasteiger partial charge is 0.497 e. The third-order valence-electron chi connectivity index (χ3n) is 6.35.